The van der Waals surface area contributed by atoms with E-state index in [1.807, 2.05) is 72.8 Å². The monoisotopic (exact) mass is 339 g/mol. The SMILES string of the molecule is O=C1OC(Cc2ccccc2)=N/C1=C\c1ccc(-c2ccccc2)cc1. The fourth-order valence-electron chi connectivity index (χ4n) is 2.86. The average Bonchev–Trinajstić information content (AvgIpc) is 3.03. The van der Waals surface area contributed by atoms with Crippen LogP contribution in [0.25, 0.3) is 17.2 Å². The van der Waals surface area contributed by atoms with Crippen LogP contribution in [0.5, 0.6) is 0 Å². The highest BCUT2D eigenvalue weighted by Gasteiger charge is 2.22. The summed E-state index contributed by atoms with van der Waals surface area (Å²) in [7, 11) is 0. The molecule has 0 radical (unpaired) electrons. The van der Waals surface area contributed by atoms with Crippen molar-refractivity contribution in [3.05, 3.63) is 102 Å². The van der Waals surface area contributed by atoms with Gasteiger partial charge in [0, 0.05) is 6.42 Å². The van der Waals surface area contributed by atoms with E-state index in [1.165, 1.54) is 0 Å². The van der Waals surface area contributed by atoms with Gasteiger partial charge in [-0.1, -0.05) is 84.9 Å². The first-order chi connectivity index (χ1) is 12.8. The quantitative estimate of drug-likeness (QED) is 0.501. The summed E-state index contributed by atoms with van der Waals surface area (Å²) in [5, 5.41) is 0. The molecule has 0 saturated heterocycles. The van der Waals surface area contributed by atoms with Crippen LogP contribution in [-0.2, 0) is 16.0 Å². The molecule has 1 aliphatic heterocycles. The van der Waals surface area contributed by atoms with E-state index in [4.69, 9.17) is 4.74 Å². The van der Waals surface area contributed by atoms with Crippen molar-refractivity contribution in [2.75, 3.05) is 0 Å². The number of benzene rings is 3. The van der Waals surface area contributed by atoms with Gasteiger partial charge < -0.3 is 4.74 Å². The largest absolute Gasteiger partial charge is 0.406 e. The first-order valence-corrected chi connectivity index (χ1v) is 8.49. The summed E-state index contributed by atoms with van der Waals surface area (Å²) in [6.07, 6.45) is 2.27. The number of carbonyl (C=O) groups excluding carboxylic acids is 1. The van der Waals surface area contributed by atoms with Crippen LogP contribution < -0.4 is 0 Å². The molecule has 26 heavy (non-hydrogen) atoms. The van der Waals surface area contributed by atoms with Gasteiger partial charge in [-0.3, -0.25) is 0 Å². The lowest BCUT2D eigenvalue weighted by molar-refractivity contribution is -0.130. The number of rotatable bonds is 4. The van der Waals surface area contributed by atoms with Crippen molar-refractivity contribution in [2.24, 2.45) is 4.99 Å². The molecule has 0 aromatic heterocycles. The zero-order valence-electron chi connectivity index (χ0n) is 14.1. The maximum Gasteiger partial charge on any atom is 0.363 e. The van der Waals surface area contributed by atoms with Crippen LogP contribution in [0.4, 0.5) is 0 Å². The lowest BCUT2D eigenvalue weighted by Gasteiger charge is -2.01. The Labute approximate surface area is 152 Å². The number of hydrogen-bond acceptors (Lipinski definition) is 3. The van der Waals surface area contributed by atoms with Crippen molar-refractivity contribution in [1.82, 2.24) is 0 Å². The third kappa shape index (κ3) is 3.62. The molecule has 1 heterocycles. The second-order valence-electron chi connectivity index (χ2n) is 6.08. The Kier molecular flexibility index (Phi) is 4.44. The fourth-order valence-corrected chi connectivity index (χ4v) is 2.86. The molecule has 0 fully saturated rings. The Morgan fingerprint density at radius 2 is 1.38 bits per heavy atom. The summed E-state index contributed by atoms with van der Waals surface area (Å²) in [6, 6.07) is 28.1. The summed E-state index contributed by atoms with van der Waals surface area (Å²) in [6.45, 7) is 0. The Hall–Kier alpha value is -3.46. The van der Waals surface area contributed by atoms with Gasteiger partial charge in [0.25, 0.3) is 0 Å². The smallest absolute Gasteiger partial charge is 0.363 e. The van der Waals surface area contributed by atoms with Crippen LogP contribution in [0.1, 0.15) is 11.1 Å². The van der Waals surface area contributed by atoms with E-state index in [2.05, 4.69) is 17.1 Å². The third-order valence-electron chi connectivity index (χ3n) is 4.18. The fraction of sp³-hybridized carbons (Fsp3) is 0.0435. The van der Waals surface area contributed by atoms with Gasteiger partial charge in [-0.15, -0.1) is 0 Å². The van der Waals surface area contributed by atoms with Gasteiger partial charge in [-0.25, -0.2) is 9.79 Å². The predicted molar refractivity (Wildman–Crippen MR) is 104 cm³/mol. The van der Waals surface area contributed by atoms with E-state index < -0.39 is 5.97 Å². The second-order valence-corrected chi connectivity index (χ2v) is 6.08. The van der Waals surface area contributed by atoms with E-state index in [-0.39, 0.29) is 0 Å². The first-order valence-electron chi connectivity index (χ1n) is 8.49. The summed E-state index contributed by atoms with van der Waals surface area (Å²) in [5.41, 5.74) is 4.61. The topological polar surface area (TPSA) is 38.7 Å². The predicted octanol–water partition coefficient (Wildman–Crippen LogP) is 4.89. The van der Waals surface area contributed by atoms with Crippen molar-refractivity contribution >= 4 is 17.9 Å². The zero-order chi connectivity index (χ0) is 17.8. The van der Waals surface area contributed by atoms with E-state index in [0.717, 1.165) is 22.3 Å². The molecular formula is C23H17NO2. The number of esters is 1. The second kappa shape index (κ2) is 7.19. The van der Waals surface area contributed by atoms with E-state index in [0.29, 0.717) is 18.0 Å². The molecule has 3 heteroatoms. The summed E-state index contributed by atoms with van der Waals surface area (Å²) >= 11 is 0. The van der Waals surface area contributed by atoms with Crippen LogP contribution in [0.15, 0.2) is 95.6 Å². The van der Waals surface area contributed by atoms with E-state index in [1.54, 1.807) is 6.08 Å². The average molecular weight is 339 g/mol. The molecule has 0 aliphatic carbocycles. The van der Waals surface area contributed by atoms with Gasteiger partial charge in [0.2, 0.25) is 5.90 Å². The molecule has 0 spiro atoms. The van der Waals surface area contributed by atoms with Crippen molar-refractivity contribution < 1.29 is 9.53 Å². The van der Waals surface area contributed by atoms with Gasteiger partial charge in [-0.2, -0.15) is 0 Å². The molecule has 3 nitrogen and oxygen atoms in total. The standard InChI is InChI=1S/C23H17NO2/c25-23-21(24-22(26-23)16-17-7-3-1-4-8-17)15-18-11-13-20(14-12-18)19-9-5-2-6-10-19/h1-15H,16H2/b21-15-. The van der Waals surface area contributed by atoms with Crippen LogP contribution in [0, 0.1) is 0 Å². The van der Waals surface area contributed by atoms with Crippen LogP contribution >= 0.6 is 0 Å². The Bertz CT molecular complexity index is 972. The first kappa shape index (κ1) is 16.0. The van der Waals surface area contributed by atoms with Gasteiger partial charge in [-0.05, 0) is 28.3 Å². The summed E-state index contributed by atoms with van der Waals surface area (Å²) in [4.78, 5) is 16.4. The molecule has 0 unspecified atom stereocenters. The molecule has 126 valence electrons. The van der Waals surface area contributed by atoms with Crippen molar-refractivity contribution in [3.8, 4) is 11.1 Å². The van der Waals surface area contributed by atoms with Crippen molar-refractivity contribution in [2.45, 2.75) is 6.42 Å². The lowest BCUT2D eigenvalue weighted by Crippen LogP contribution is -2.06. The number of aliphatic imine (C=N–C) groups is 1. The molecule has 0 N–H and O–H groups in total. The van der Waals surface area contributed by atoms with Gasteiger partial charge >= 0.3 is 5.97 Å². The molecular weight excluding hydrogens is 322 g/mol. The van der Waals surface area contributed by atoms with Crippen LogP contribution in [-0.4, -0.2) is 11.9 Å². The summed E-state index contributed by atoms with van der Waals surface area (Å²) in [5.74, 6) is 0.0384. The molecule has 0 saturated carbocycles. The minimum absolute atomic E-state index is 0.336. The number of carbonyl (C=O) groups is 1. The van der Waals surface area contributed by atoms with Crippen molar-refractivity contribution in [3.63, 3.8) is 0 Å². The normalized spacial score (nSPS) is 15.0. The number of hydrogen-bond donors (Lipinski definition) is 0. The molecule has 4 rings (SSSR count). The Balaban J connectivity index is 1.53. The molecule has 0 amide bonds. The summed E-state index contributed by atoms with van der Waals surface area (Å²) < 4.78 is 5.29. The van der Waals surface area contributed by atoms with Crippen LogP contribution in [0.3, 0.4) is 0 Å². The minimum Gasteiger partial charge on any atom is -0.406 e. The van der Waals surface area contributed by atoms with Gasteiger partial charge in [0.15, 0.2) is 5.70 Å². The Morgan fingerprint density at radius 3 is 2.08 bits per heavy atom. The highest BCUT2D eigenvalue weighted by Crippen LogP contribution is 2.22. The van der Waals surface area contributed by atoms with Crippen LogP contribution in [0.2, 0.25) is 0 Å². The third-order valence-corrected chi connectivity index (χ3v) is 4.18. The van der Waals surface area contributed by atoms with Gasteiger partial charge in [0.05, 0.1) is 0 Å². The van der Waals surface area contributed by atoms with E-state index in [9.17, 15) is 4.79 Å². The highest BCUT2D eigenvalue weighted by molar-refractivity contribution is 6.07. The maximum atomic E-state index is 12.1. The maximum absolute atomic E-state index is 12.1. The van der Waals surface area contributed by atoms with Crippen molar-refractivity contribution in [1.29, 1.82) is 0 Å². The lowest BCUT2D eigenvalue weighted by atomic mass is 10.0. The Morgan fingerprint density at radius 1 is 0.769 bits per heavy atom. The molecule has 0 bridgehead atoms. The molecule has 1 aliphatic rings. The van der Waals surface area contributed by atoms with E-state index >= 15 is 0 Å². The molecule has 0 atom stereocenters. The highest BCUT2D eigenvalue weighted by atomic mass is 16.6. The zero-order valence-corrected chi connectivity index (χ0v) is 14.1. The number of cyclic esters (lactones) is 1. The number of ether oxygens (including phenoxy) is 1. The number of nitrogens with zero attached hydrogens (tertiary/aromatic N) is 1. The minimum atomic E-state index is -0.400. The molecule has 3 aromatic carbocycles. The molecule has 3 aromatic rings. The van der Waals surface area contributed by atoms with Gasteiger partial charge in [0.1, 0.15) is 0 Å².